The molecular weight excluding hydrogens is 534 g/mol. The zero-order valence-electron chi connectivity index (χ0n) is 24.7. The minimum absolute atomic E-state index is 0.345. The first-order valence-corrected chi connectivity index (χ1v) is 18.6. The molecule has 0 saturated heterocycles. The Morgan fingerprint density at radius 1 is 0.537 bits per heavy atom. The first-order chi connectivity index (χ1) is 20.3. The number of rotatable bonds is 2. The Morgan fingerprint density at radius 3 is 1.68 bits per heavy atom. The third-order valence-corrected chi connectivity index (χ3v) is 13.5. The van der Waals surface area contributed by atoms with Crippen molar-refractivity contribution in [3.8, 4) is 0 Å². The summed E-state index contributed by atoms with van der Waals surface area (Å²) in [5, 5.41) is 9.99. The zero-order valence-corrected chi connectivity index (χ0v) is 26.5. The van der Waals surface area contributed by atoms with Gasteiger partial charge in [0.25, 0.3) is 0 Å². The molecule has 1 N–H and O–H groups in total. The molecule has 4 aromatic carbocycles. The summed E-state index contributed by atoms with van der Waals surface area (Å²) in [6.07, 6.45) is 10.2. The van der Waals surface area contributed by atoms with Gasteiger partial charge < -0.3 is 10.2 Å². The normalized spacial score (nSPS) is 20.4. The van der Waals surface area contributed by atoms with E-state index in [1.165, 1.54) is 72.6 Å². The molecule has 1 heterocycles. The average molecular weight is 581 g/mol. The lowest BCUT2D eigenvalue weighted by Crippen LogP contribution is -2.25. The van der Waals surface area contributed by atoms with Crippen LogP contribution in [0, 0.1) is 0 Å². The molecule has 41 heavy (non-hydrogen) atoms. The SMILES string of the molecule is CN1CCCCCP(c2ccccc2)c2ccccc2CNCCCCCP(c2ccccc2)c2ccccc2C1. The summed E-state index contributed by atoms with van der Waals surface area (Å²) < 4.78 is 0. The highest BCUT2D eigenvalue weighted by Gasteiger charge is 2.19. The second-order valence-corrected chi connectivity index (χ2v) is 15.9. The van der Waals surface area contributed by atoms with Crippen LogP contribution in [0.3, 0.4) is 0 Å². The molecule has 0 aliphatic carbocycles. The monoisotopic (exact) mass is 580 g/mol. The minimum Gasteiger partial charge on any atom is -0.313 e. The van der Waals surface area contributed by atoms with E-state index in [1.54, 1.807) is 10.6 Å². The van der Waals surface area contributed by atoms with E-state index < -0.39 is 0 Å². The molecule has 2 unspecified atom stereocenters. The molecule has 4 aromatic rings. The summed E-state index contributed by atoms with van der Waals surface area (Å²) in [7, 11) is 1.62. The van der Waals surface area contributed by atoms with Crippen LogP contribution >= 0.6 is 15.8 Å². The van der Waals surface area contributed by atoms with Crippen molar-refractivity contribution in [2.75, 3.05) is 32.5 Å². The van der Waals surface area contributed by atoms with E-state index in [-0.39, 0.29) is 15.8 Å². The van der Waals surface area contributed by atoms with Gasteiger partial charge in [-0.25, -0.2) is 0 Å². The second kappa shape index (κ2) is 16.3. The minimum atomic E-state index is -0.346. The summed E-state index contributed by atoms with van der Waals surface area (Å²) in [6, 6.07) is 41.1. The van der Waals surface area contributed by atoms with E-state index in [0.717, 1.165) is 26.2 Å². The van der Waals surface area contributed by atoms with Gasteiger partial charge in [-0.2, -0.15) is 0 Å². The maximum Gasteiger partial charge on any atom is 0.0237 e. The molecule has 214 valence electrons. The maximum absolute atomic E-state index is 3.81. The van der Waals surface area contributed by atoms with Crippen LogP contribution in [0.15, 0.2) is 109 Å². The maximum atomic E-state index is 3.81. The predicted octanol–water partition coefficient (Wildman–Crippen LogP) is 7.13. The molecular formula is C37H46N2P2. The first-order valence-electron chi connectivity index (χ1n) is 15.5. The average Bonchev–Trinajstić information content (AvgIpc) is 3.02. The van der Waals surface area contributed by atoms with E-state index in [2.05, 4.69) is 126 Å². The van der Waals surface area contributed by atoms with Crippen LogP contribution in [0.2, 0.25) is 0 Å². The fourth-order valence-electron chi connectivity index (χ4n) is 5.94. The fraction of sp³-hybridized carbons (Fsp3) is 0.351. The molecule has 0 aromatic heterocycles. The molecule has 0 amide bonds. The van der Waals surface area contributed by atoms with Crippen molar-refractivity contribution in [3.63, 3.8) is 0 Å². The van der Waals surface area contributed by atoms with Gasteiger partial charge in [-0.05, 0) is 106 Å². The fourth-order valence-corrected chi connectivity index (χ4v) is 11.2. The van der Waals surface area contributed by atoms with Crippen LogP contribution in [0.5, 0.6) is 0 Å². The summed E-state index contributed by atoms with van der Waals surface area (Å²) in [4.78, 5) is 2.55. The van der Waals surface area contributed by atoms with E-state index in [9.17, 15) is 0 Å². The molecule has 1 aliphatic rings. The smallest absolute Gasteiger partial charge is 0.0237 e. The second-order valence-electron chi connectivity index (χ2n) is 11.3. The Bertz CT molecular complexity index is 1310. The highest BCUT2D eigenvalue weighted by Crippen LogP contribution is 2.37. The lowest BCUT2D eigenvalue weighted by Gasteiger charge is -2.25. The molecule has 0 saturated carbocycles. The Morgan fingerprint density at radius 2 is 1.05 bits per heavy atom. The van der Waals surface area contributed by atoms with E-state index >= 15 is 0 Å². The molecule has 5 rings (SSSR count). The Hall–Kier alpha value is -2.34. The van der Waals surface area contributed by atoms with Crippen molar-refractivity contribution in [1.82, 2.24) is 10.2 Å². The molecule has 2 atom stereocenters. The van der Waals surface area contributed by atoms with Crippen LogP contribution in [-0.2, 0) is 13.1 Å². The number of benzene rings is 4. The van der Waals surface area contributed by atoms with Crippen molar-refractivity contribution in [1.29, 1.82) is 0 Å². The van der Waals surface area contributed by atoms with Crippen LogP contribution < -0.4 is 26.5 Å². The van der Waals surface area contributed by atoms with E-state index in [4.69, 9.17) is 0 Å². The summed E-state index contributed by atoms with van der Waals surface area (Å²) in [5.74, 6) is 0. The molecule has 4 heteroatoms. The van der Waals surface area contributed by atoms with Crippen molar-refractivity contribution in [3.05, 3.63) is 120 Å². The zero-order chi connectivity index (χ0) is 28.1. The van der Waals surface area contributed by atoms with Crippen molar-refractivity contribution >= 4 is 37.1 Å². The molecule has 1 aliphatic heterocycles. The third kappa shape index (κ3) is 8.83. The number of nitrogens with one attached hydrogen (secondary N) is 1. The van der Waals surface area contributed by atoms with Gasteiger partial charge in [-0.3, -0.25) is 0 Å². The van der Waals surface area contributed by atoms with Crippen LogP contribution in [0.4, 0.5) is 0 Å². The quantitative estimate of drug-likeness (QED) is 0.254. The molecule has 2 nitrogen and oxygen atoms in total. The number of hydrogen-bond donors (Lipinski definition) is 1. The van der Waals surface area contributed by atoms with Crippen molar-refractivity contribution in [2.45, 2.75) is 51.6 Å². The third-order valence-electron chi connectivity index (χ3n) is 8.11. The lowest BCUT2D eigenvalue weighted by molar-refractivity contribution is 0.319. The van der Waals surface area contributed by atoms with E-state index in [1.807, 2.05) is 0 Å². The first kappa shape index (κ1) is 30.1. The Labute approximate surface area is 251 Å². The Balaban J connectivity index is 1.34. The highest BCUT2D eigenvalue weighted by atomic mass is 31.1. The van der Waals surface area contributed by atoms with Gasteiger partial charge in [-0.1, -0.05) is 122 Å². The largest absolute Gasteiger partial charge is 0.313 e. The molecule has 0 radical (unpaired) electrons. The summed E-state index contributed by atoms with van der Waals surface area (Å²) in [5.41, 5.74) is 3.01. The van der Waals surface area contributed by atoms with Gasteiger partial charge in [0.15, 0.2) is 0 Å². The lowest BCUT2D eigenvalue weighted by atomic mass is 10.2. The molecule has 0 spiro atoms. The number of hydrogen-bond acceptors (Lipinski definition) is 2. The van der Waals surface area contributed by atoms with Gasteiger partial charge in [0.1, 0.15) is 0 Å². The van der Waals surface area contributed by atoms with Crippen LogP contribution in [0.25, 0.3) is 0 Å². The summed E-state index contributed by atoms with van der Waals surface area (Å²) in [6.45, 7) is 4.25. The predicted molar refractivity (Wildman–Crippen MR) is 184 cm³/mol. The van der Waals surface area contributed by atoms with Crippen LogP contribution in [0.1, 0.15) is 49.7 Å². The van der Waals surface area contributed by atoms with Gasteiger partial charge in [0, 0.05) is 13.1 Å². The van der Waals surface area contributed by atoms with Gasteiger partial charge in [0.05, 0.1) is 0 Å². The molecule has 0 fully saturated rings. The van der Waals surface area contributed by atoms with E-state index in [0.29, 0.717) is 0 Å². The van der Waals surface area contributed by atoms with Gasteiger partial charge in [-0.15, -0.1) is 0 Å². The van der Waals surface area contributed by atoms with Gasteiger partial charge in [0.2, 0.25) is 0 Å². The number of nitrogens with zero attached hydrogens (tertiary/aromatic N) is 1. The number of fused-ring (bicyclic) bond motifs is 2. The van der Waals surface area contributed by atoms with Crippen molar-refractivity contribution in [2.24, 2.45) is 0 Å². The highest BCUT2D eigenvalue weighted by molar-refractivity contribution is 7.73. The topological polar surface area (TPSA) is 15.3 Å². The standard InChI is InChI=1S/C37H46N2P2/c1-39-27-15-5-17-29-40(34-20-6-2-7-21-34)36-24-12-10-18-32(36)30-38-26-14-4-16-28-41(35-22-8-3-9-23-35)37-25-13-11-19-33(37)31-39/h2-3,6-13,18-25,38H,4-5,14-17,26-31H2,1H3. The van der Waals surface area contributed by atoms with Crippen molar-refractivity contribution < 1.29 is 0 Å². The summed E-state index contributed by atoms with van der Waals surface area (Å²) >= 11 is 0. The van der Waals surface area contributed by atoms with Crippen LogP contribution in [-0.4, -0.2) is 37.4 Å². The van der Waals surface area contributed by atoms with Gasteiger partial charge >= 0.3 is 0 Å². The molecule has 0 bridgehead atoms. The Kier molecular flexibility index (Phi) is 12.0.